The maximum Gasteiger partial charge on any atom is 0.323 e. The number of nitrogens with one attached hydrogen (secondary N) is 2. The van der Waals surface area contributed by atoms with E-state index >= 15 is 0 Å². The quantitative estimate of drug-likeness (QED) is 0.363. The first kappa shape index (κ1) is 23.6. The number of ether oxygens (including phenoxy) is 1. The topological polar surface area (TPSA) is 117 Å². The molecule has 8 nitrogen and oxygen atoms in total. The predicted octanol–water partition coefficient (Wildman–Crippen LogP) is 1.31. The van der Waals surface area contributed by atoms with Crippen LogP contribution in [0.1, 0.15) is 11.1 Å². The number of hydrogen-bond donors (Lipinski definition) is 4. The lowest BCUT2D eigenvalue weighted by Crippen LogP contribution is -2.40. The van der Waals surface area contributed by atoms with E-state index in [1.54, 1.807) is 14.1 Å². The molecule has 2 aromatic carbocycles. The van der Waals surface area contributed by atoms with Crippen molar-refractivity contribution in [3.8, 4) is 11.1 Å². The normalized spacial score (nSPS) is 12.9. The van der Waals surface area contributed by atoms with Gasteiger partial charge in [-0.3, -0.25) is 9.59 Å². The van der Waals surface area contributed by atoms with E-state index in [0.29, 0.717) is 6.61 Å². The van der Waals surface area contributed by atoms with Crippen molar-refractivity contribution in [2.24, 2.45) is 0 Å². The van der Waals surface area contributed by atoms with Gasteiger partial charge >= 0.3 is 19.4 Å². The zero-order chi connectivity index (χ0) is 21.9. The molecular formula is C21H26BN2O6. The zero-order valence-electron chi connectivity index (χ0n) is 17.0. The van der Waals surface area contributed by atoms with Crippen LogP contribution in [0.5, 0.6) is 0 Å². The van der Waals surface area contributed by atoms with Gasteiger partial charge in [0.25, 0.3) is 0 Å². The SMILES string of the molecule is CN[C@@H]([B]OCc1ccc(-c2ccc(COC[C@@H](NC)C(=O)O)cc2)cc1)C(=O)O. The fourth-order valence-corrected chi connectivity index (χ4v) is 2.65. The molecular weight excluding hydrogens is 387 g/mol. The van der Waals surface area contributed by atoms with Crippen molar-refractivity contribution in [3.63, 3.8) is 0 Å². The minimum Gasteiger partial charge on any atom is -0.481 e. The summed E-state index contributed by atoms with van der Waals surface area (Å²) in [4.78, 5) is 21.9. The van der Waals surface area contributed by atoms with Crippen LogP contribution in [-0.2, 0) is 32.2 Å². The number of hydrogen-bond acceptors (Lipinski definition) is 6. The van der Waals surface area contributed by atoms with Gasteiger partial charge in [0.1, 0.15) is 12.0 Å². The Morgan fingerprint density at radius 1 is 0.867 bits per heavy atom. The smallest absolute Gasteiger partial charge is 0.323 e. The Hall–Kier alpha value is -2.72. The largest absolute Gasteiger partial charge is 0.481 e. The van der Waals surface area contributed by atoms with Gasteiger partial charge in [-0.25, -0.2) is 0 Å². The molecule has 0 unspecified atom stereocenters. The highest BCUT2D eigenvalue weighted by atomic mass is 16.5. The molecule has 2 rings (SSSR count). The summed E-state index contributed by atoms with van der Waals surface area (Å²) in [6.45, 7) is 0.713. The van der Waals surface area contributed by atoms with Gasteiger partial charge < -0.3 is 30.2 Å². The molecule has 0 amide bonds. The van der Waals surface area contributed by atoms with Crippen molar-refractivity contribution in [1.82, 2.24) is 10.6 Å². The third-order valence-corrected chi connectivity index (χ3v) is 4.50. The summed E-state index contributed by atoms with van der Waals surface area (Å²) in [5.41, 5.74) is 3.96. The molecule has 0 saturated carbocycles. The standard InChI is InChI=1S/C21H26BN2O6/c1-23-18(20(25)26)13-29-11-14-3-7-16(8-4-14)17-9-5-15(6-10-17)12-30-22-19(24-2)21(27)28/h3-10,18-19,23-24H,11-13H2,1-2H3,(H,25,26)(H,27,28)/t18-,19-/m1/s1. The van der Waals surface area contributed by atoms with Gasteiger partial charge in [0.15, 0.2) is 0 Å². The van der Waals surface area contributed by atoms with Crippen LogP contribution in [0.3, 0.4) is 0 Å². The van der Waals surface area contributed by atoms with Crippen molar-refractivity contribution < 1.29 is 29.2 Å². The van der Waals surface area contributed by atoms with Crippen LogP contribution >= 0.6 is 0 Å². The van der Waals surface area contributed by atoms with Crippen LogP contribution in [0.4, 0.5) is 0 Å². The maximum absolute atomic E-state index is 10.9. The van der Waals surface area contributed by atoms with E-state index in [0.717, 1.165) is 22.3 Å². The number of aliphatic carboxylic acids is 2. The number of rotatable bonds is 13. The third-order valence-electron chi connectivity index (χ3n) is 4.50. The Balaban J connectivity index is 1.84. The number of carboxylic acid groups (broad SMARTS) is 2. The molecule has 2 atom stereocenters. The summed E-state index contributed by atoms with van der Waals surface area (Å²) < 4.78 is 10.8. The van der Waals surface area contributed by atoms with E-state index in [-0.39, 0.29) is 13.2 Å². The van der Waals surface area contributed by atoms with Crippen molar-refractivity contribution in [3.05, 3.63) is 59.7 Å². The molecule has 0 fully saturated rings. The van der Waals surface area contributed by atoms with Gasteiger partial charge in [0.05, 0.1) is 19.8 Å². The van der Waals surface area contributed by atoms with Crippen LogP contribution in [-0.4, -0.2) is 62.3 Å². The molecule has 0 aliphatic carbocycles. The highest BCUT2D eigenvalue weighted by Gasteiger charge is 2.17. The second-order valence-electron chi connectivity index (χ2n) is 6.64. The Morgan fingerprint density at radius 3 is 1.83 bits per heavy atom. The Bertz CT molecular complexity index is 744. The van der Waals surface area contributed by atoms with E-state index in [9.17, 15) is 9.59 Å². The van der Waals surface area contributed by atoms with Crippen LogP contribution in [0.25, 0.3) is 11.1 Å². The second kappa shape index (κ2) is 12.1. The molecule has 0 saturated heterocycles. The summed E-state index contributed by atoms with van der Waals surface area (Å²) >= 11 is 0. The van der Waals surface area contributed by atoms with Crippen molar-refractivity contribution >= 4 is 19.4 Å². The molecule has 0 heterocycles. The van der Waals surface area contributed by atoms with Crippen molar-refractivity contribution in [1.29, 1.82) is 0 Å². The van der Waals surface area contributed by atoms with Gasteiger partial charge in [-0.1, -0.05) is 48.5 Å². The van der Waals surface area contributed by atoms with Gasteiger partial charge in [-0.15, -0.1) is 0 Å². The molecule has 0 aliphatic heterocycles. The molecule has 0 aromatic heterocycles. The minimum atomic E-state index is -0.995. The first-order chi connectivity index (χ1) is 14.4. The van der Waals surface area contributed by atoms with E-state index in [2.05, 4.69) is 10.6 Å². The van der Waals surface area contributed by atoms with Gasteiger partial charge in [-0.2, -0.15) is 0 Å². The molecule has 0 spiro atoms. The molecule has 2 aromatic rings. The Labute approximate surface area is 176 Å². The predicted molar refractivity (Wildman–Crippen MR) is 113 cm³/mol. The number of benzene rings is 2. The lowest BCUT2D eigenvalue weighted by molar-refractivity contribution is -0.141. The van der Waals surface area contributed by atoms with Gasteiger partial charge in [0.2, 0.25) is 0 Å². The zero-order valence-corrected chi connectivity index (χ0v) is 17.0. The maximum atomic E-state index is 10.9. The molecule has 0 aliphatic rings. The summed E-state index contributed by atoms with van der Waals surface area (Å²) in [5.74, 6) is -2.78. The Kier molecular flexibility index (Phi) is 9.49. The molecule has 4 N–H and O–H groups in total. The fourth-order valence-electron chi connectivity index (χ4n) is 2.65. The van der Waals surface area contributed by atoms with Crippen LogP contribution in [0.2, 0.25) is 0 Å². The average Bonchev–Trinajstić information content (AvgIpc) is 2.74. The highest BCUT2D eigenvalue weighted by molar-refractivity contribution is 6.36. The van der Waals surface area contributed by atoms with Crippen LogP contribution in [0, 0.1) is 0 Å². The van der Waals surface area contributed by atoms with E-state index in [1.807, 2.05) is 48.5 Å². The molecule has 9 heteroatoms. The molecule has 159 valence electrons. The van der Waals surface area contributed by atoms with E-state index < -0.39 is 23.9 Å². The molecule has 0 bridgehead atoms. The Morgan fingerprint density at radius 2 is 1.40 bits per heavy atom. The lowest BCUT2D eigenvalue weighted by Gasteiger charge is -2.12. The van der Waals surface area contributed by atoms with Crippen molar-refractivity contribution in [2.75, 3.05) is 20.7 Å². The van der Waals surface area contributed by atoms with Gasteiger partial charge in [0, 0.05) is 0 Å². The van der Waals surface area contributed by atoms with Gasteiger partial charge in [-0.05, 0) is 36.3 Å². The first-order valence-electron chi connectivity index (χ1n) is 9.45. The first-order valence-corrected chi connectivity index (χ1v) is 9.45. The van der Waals surface area contributed by atoms with E-state index in [4.69, 9.17) is 19.6 Å². The average molecular weight is 413 g/mol. The van der Waals surface area contributed by atoms with Crippen LogP contribution in [0.15, 0.2) is 48.5 Å². The summed E-state index contributed by atoms with van der Waals surface area (Å²) in [7, 11) is 4.41. The third kappa shape index (κ3) is 7.27. The van der Waals surface area contributed by atoms with E-state index in [1.165, 1.54) is 7.48 Å². The monoisotopic (exact) mass is 413 g/mol. The van der Waals surface area contributed by atoms with Crippen LogP contribution < -0.4 is 10.6 Å². The number of carbonyl (C=O) groups is 2. The summed E-state index contributed by atoms with van der Waals surface area (Å²) in [5, 5.41) is 23.2. The molecule has 30 heavy (non-hydrogen) atoms. The summed E-state index contributed by atoms with van der Waals surface area (Å²) in [6, 6.07) is 14.9. The minimum absolute atomic E-state index is 0.0933. The number of likely N-dealkylation sites (N-methyl/N-ethyl adjacent to an activating group) is 2. The second-order valence-corrected chi connectivity index (χ2v) is 6.64. The lowest BCUT2D eigenvalue weighted by atomic mass is 9.88. The number of carboxylic acids is 2. The molecule has 1 radical (unpaired) electrons. The fraction of sp³-hybridized carbons (Fsp3) is 0.333. The highest BCUT2D eigenvalue weighted by Crippen LogP contribution is 2.21. The van der Waals surface area contributed by atoms with Crippen molar-refractivity contribution in [2.45, 2.75) is 25.2 Å². The summed E-state index contributed by atoms with van der Waals surface area (Å²) in [6.07, 6.45) is 0.